The molecule has 3 aromatic rings. The van der Waals surface area contributed by atoms with Crippen molar-refractivity contribution in [2.45, 2.75) is 45.0 Å². The molecule has 0 aliphatic rings. The van der Waals surface area contributed by atoms with Crippen molar-refractivity contribution in [3.63, 3.8) is 0 Å². The molecule has 0 radical (unpaired) electrons. The van der Waals surface area contributed by atoms with E-state index in [1.807, 2.05) is 18.4 Å². The molecule has 9 nitrogen and oxygen atoms in total. The van der Waals surface area contributed by atoms with Gasteiger partial charge in [-0.05, 0) is 32.9 Å². The fraction of sp³-hybridized carbons (Fsp3) is 0.381. The van der Waals surface area contributed by atoms with Crippen molar-refractivity contribution in [2.24, 2.45) is 0 Å². The highest BCUT2D eigenvalue weighted by Gasteiger charge is 2.21. The van der Waals surface area contributed by atoms with Crippen molar-refractivity contribution in [1.29, 1.82) is 0 Å². The Bertz CT molecular complexity index is 1150. The third kappa shape index (κ3) is 7.08. The van der Waals surface area contributed by atoms with Crippen LogP contribution >= 0.6 is 46.3 Å². The second kappa shape index (κ2) is 12.4. The standard InChI is InChI=1S/C21H23Cl2N5O4S2/c1-4-28-19(12(3)32-16-8-13(22)6-7-15(16)23)26-27-21(28)34-11-17(29)25-20-24-14(10-33-20)9-18(30)31-5-2/h6-8,10,12H,4-5,9,11H2,1-3H3,(H,24,25,29). The molecule has 1 amide bonds. The number of esters is 1. The van der Waals surface area contributed by atoms with Crippen LogP contribution in [-0.2, 0) is 27.3 Å². The van der Waals surface area contributed by atoms with E-state index in [-0.39, 0.29) is 24.1 Å². The Morgan fingerprint density at radius 3 is 2.79 bits per heavy atom. The van der Waals surface area contributed by atoms with Gasteiger partial charge in [-0.15, -0.1) is 21.5 Å². The first-order chi connectivity index (χ1) is 16.3. The van der Waals surface area contributed by atoms with E-state index in [1.165, 1.54) is 23.1 Å². The first-order valence-corrected chi connectivity index (χ1v) is 13.0. The lowest BCUT2D eigenvalue weighted by atomic mass is 10.3. The van der Waals surface area contributed by atoms with Crippen molar-refractivity contribution in [3.8, 4) is 5.75 Å². The lowest BCUT2D eigenvalue weighted by Crippen LogP contribution is -2.15. The number of amides is 1. The van der Waals surface area contributed by atoms with E-state index < -0.39 is 6.10 Å². The maximum absolute atomic E-state index is 12.4. The molecule has 1 atom stereocenters. The fourth-order valence-electron chi connectivity index (χ4n) is 2.91. The van der Waals surface area contributed by atoms with Crippen LogP contribution in [0.25, 0.3) is 0 Å². The quantitative estimate of drug-likeness (QED) is 0.264. The highest BCUT2D eigenvalue weighted by molar-refractivity contribution is 7.99. The number of rotatable bonds is 11. The first-order valence-electron chi connectivity index (χ1n) is 10.4. The summed E-state index contributed by atoms with van der Waals surface area (Å²) >= 11 is 14.7. The Morgan fingerprint density at radius 2 is 2.06 bits per heavy atom. The van der Waals surface area contributed by atoms with Gasteiger partial charge in [0.25, 0.3) is 0 Å². The summed E-state index contributed by atoms with van der Waals surface area (Å²) in [6, 6.07) is 4.99. The lowest BCUT2D eigenvalue weighted by Gasteiger charge is -2.16. The molecule has 0 fully saturated rings. The van der Waals surface area contributed by atoms with Crippen molar-refractivity contribution in [3.05, 3.63) is 45.1 Å². The number of thioether (sulfide) groups is 1. The van der Waals surface area contributed by atoms with Crippen LogP contribution in [0.4, 0.5) is 5.13 Å². The van der Waals surface area contributed by atoms with Gasteiger partial charge < -0.3 is 19.4 Å². The first kappa shape index (κ1) is 26.3. The minimum Gasteiger partial charge on any atom is -0.481 e. The van der Waals surface area contributed by atoms with Gasteiger partial charge in [0.1, 0.15) is 5.75 Å². The van der Waals surface area contributed by atoms with Crippen LogP contribution in [0.3, 0.4) is 0 Å². The molecule has 34 heavy (non-hydrogen) atoms. The van der Waals surface area contributed by atoms with Gasteiger partial charge in [-0.2, -0.15) is 0 Å². The van der Waals surface area contributed by atoms with E-state index in [1.54, 1.807) is 30.5 Å². The third-order valence-electron chi connectivity index (χ3n) is 4.38. The average molecular weight is 544 g/mol. The Hall–Kier alpha value is -2.34. The Kier molecular flexibility index (Phi) is 9.57. The van der Waals surface area contributed by atoms with Crippen LogP contribution in [0.15, 0.2) is 28.7 Å². The minimum atomic E-state index is -0.445. The second-order valence-electron chi connectivity index (χ2n) is 6.88. The summed E-state index contributed by atoms with van der Waals surface area (Å²) in [5, 5.41) is 14.9. The molecular formula is C21H23Cl2N5O4S2. The summed E-state index contributed by atoms with van der Waals surface area (Å²) in [6.45, 7) is 6.44. The number of ether oxygens (including phenoxy) is 2. The number of hydrogen-bond donors (Lipinski definition) is 1. The van der Waals surface area contributed by atoms with Crippen LogP contribution in [0, 0.1) is 0 Å². The number of hydrogen-bond acceptors (Lipinski definition) is 9. The molecular weight excluding hydrogens is 521 g/mol. The largest absolute Gasteiger partial charge is 0.481 e. The molecule has 2 aromatic heterocycles. The summed E-state index contributed by atoms with van der Waals surface area (Å²) < 4.78 is 12.7. The van der Waals surface area contributed by atoms with Crippen molar-refractivity contribution < 1.29 is 19.1 Å². The number of nitrogens with zero attached hydrogens (tertiary/aromatic N) is 4. The minimum absolute atomic E-state index is 0.0675. The van der Waals surface area contributed by atoms with Gasteiger partial charge in [-0.3, -0.25) is 9.59 Å². The summed E-state index contributed by atoms with van der Waals surface area (Å²) in [6.07, 6.45) is -0.377. The monoisotopic (exact) mass is 543 g/mol. The number of anilines is 1. The van der Waals surface area contributed by atoms with Crippen LogP contribution < -0.4 is 10.1 Å². The number of carbonyl (C=O) groups is 2. The summed E-state index contributed by atoms with van der Waals surface area (Å²) in [7, 11) is 0. The lowest BCUT2D eigenvalue weighted by molar-refractivity contribution is -0.142. The molecule has 0 aliphatic carbocycles. The van der Waals surface area contributed by atoms with Crippen LogP contribution in [0.1, 0.15) is 38.4 Å². The van der Waals surface area contributed by atoms with Gasteiger partial charge in [0, 0.05) is 23.0 Å². The molecule has 0 bridgehead atoms. The normalized spacial score (nSPS) is 11.8. The summed E-state index contributed by atoms with van der Waals surface area (Å²) in [5.74, 6) is 0.563. The van der Waals surface area contributed by atoms with Gasteiger partial charge in [0.2, 0.25) is 5.91 Å². The van der Waals surface area contributed by atoms with Gasteiger partial charge in [0.05, 0.1) is 29.5 Å². The molecule has 0 saturated carbocycles. The van der Waals surface area contributed by atoms with Gasteiger partial charge in [-0.1, -0.05) is 35.0 Å². The van der Waals surface area contributed by atoms with Crippen LogP contribution in [-0.4, -0.2) is 44.0 Å². The van der Waals surface area contributed by atoms with Gasteiger partial charge >= 0.3 is 5.97 Å². The van der Waals surface area contributed by atoms with E-state index >= 15 is 0 Å². The van der Waals surface area contributed by atoms with E-state index in [0.717, 1.165) is 0 Å². The number of halogens is 2. The molecule has 1 aromatic carbocycles. The van der Waals surface area contributed by atoms with Crippen LogP contribution in [0.2, 0.25) is 10.0 Å². The number of carbonyl (C=O) groups excluding carboxylic acids is 2. The van der Waals surface area contributed by atoms with E-state index in [2.05, 4.69) is 20.5 Å². The molecule has 0 saturated heterocycles. The number of nitrogens with one attached hydrogen (secondary N) is 1. The molecule has 0 aliphatic heterocycles. The van der Waals surface area contributed by atoms with Crippen molar-refractivity contribution in [2.75, 3.05) is 17.7 Å². The molecule has 182 valence electrons. The fourth-order valence-corrected chi connectivity index (χ4v) is 4.77. The zero-order valence-corrected chi connectivity index (χ0v) is 21.9. The van der Waals surface area contributed by atoms with Crippen molar-refractivity contribution in [1.82, 2.24) is 19.7 Å². The number of benzene rings is 1. The SMILES string of the molecule is CCOC(=O)Cc1csc(NC(=O)CSc2nnc(C(C)Oc3cc(Cl)ccc3Cl)n2CC)n1. The average Bonchev–Trinajstić information content (AvgIpc) is 3.41. The maximum atomic E-state index is 12.4. The predicted octanol–water partition coefficient (Wildman–Crippen LogP) is 5.04. The van der Waals surface area contributed by atoms with Crippen molar-refractivity contribution >= 4 is 63.3 Å². The zero-order chi connectivity index (χ0) is 24.7. The predicted molar refractivity (Wildman–Crippen MR) is 133 cm³/mol. The Balaban J connectivity index is 1.58. The highest BCUT2D eigenvalue weighted by atomic mass is 35.5. The second-order valence-corrected chi connectivity index (χ2v) is 9.53. The molecule has 2 heterocycles. The molecule has 1 N–H and O–H groups in total. The topological polar surface area (TPSA) is 108 Å². The number of thiazole rings is 1. The van der Waals surface area contributed by atoms with E-state index in [4.69, 9.17) is 32.7 Å². The highest BCUT2D eigenvalue weighted by Crippen LogP contribution is 2.32. The smallest absolute Gasteiger partial charge is 0.311 e. The third-order valence-corrected chi connectivity index (χ3v) is 6.70. The van der Waals surface area contributed by atoms with E-state index in [0.29, 0.717) is 50.8 Å². The summed E-state index contributed by atoms with van der Waals surface area (Å²) in [5.41, 5.74) is 0.551. The molecule has 13 heteroatoms. The van der Waals surface area contributed by atoms with Gasteiger partial charge in [-0.25, -0.2) is 4.98 Å². The molecule has 1 unspecified atom stereocenters. The Labute approximate surface area is 215 Å². The van der Waals surface area contributed by atoms with E-state index in [9.17, 15) is 9.59 Å². The number of aromatic nitrogens is 4. The maximum Gasteiger partial charge on any atom is 0.311 e. The molecule has 3 rings (SSSR count). The molecule has 0 spiro atoms. The summed E-state index contributed by atoms with van der Waals surface area (Å²) in [4.78, 5) is 28.2. The Morgan fingerprint density at radius 1 is 1.26 bits per heavy atom. The zero-order valence-electron chi connectivity index (χ0n) is 18.7. The van der Waals surface area contributed by atoms with Gasteiger partial charge in [0.15, 0.2) is 22.2 Å². The van der Waals surface area contributed by atoms with Crippen LogP contribution in [0.5, 0.6) is 5.75 Å².